The fraction of sp³-hybridized carbons (Fsp3) is 1.00. The molecule has 0 aromatic heterocycles. The van der Waals surface area contributed by atoms with Gasteiger partial charge in [-0.1, -0.05) is 13.8 Å². The van der Waals surface area contributed by atoms with Gasteiger partial charge in [0.2, 0.25) is 0 Å². The van der Waals surface area contributed by atoms with Crippen LogP contribution >= 0.6 is 0 Å². The van der Waals surface area contributed by atoms with Gasteiger partial charge >= 0.3 is 0 Å². The van der Waals surface area contributed by atoms with Crippen molar-refractivity contribution in [3.05, 3.63) is 0 Å². The number of likely N-dealkylation sites (tertiary alicyclic amines) is 1. The van der Waals surface area contributed by atoms with Crippen molar-refractivity contribution in [2.45, 2.75) is 83.5 Å². The van der Waals surface area contributed by atoms with Gasteiger partial charge in [0.05, 0.1) is 0 Å². The molecule has 0 spiro atoms. The van der Waals surface area contributed by atoms with Gasteiger partial charge in [-0.25, -0.2) is 0 Å². The minimum atomic E-state index is 0.739. The molecule has 0 aromatic rings. The first kappa shape index (κ1) is 15.8. The molecule has 0 bridgehead atoms. The maximum absolute atomic E-state index is 3.78. The zero-order valence-electron chi connectivity index (χ0n) is 14.4. The molecule has 3 nitrogen and oxygen atoms in total. The first-order chi connectivity index (χ1) is 10.2. The predicted octanol–water partition coefficient (Wildman–Crippen LogP) is 2.71. The number of nitrogens with zero attached hydrogens (tertiary/aromatic N) is 2. The van der Waals surface area contributed by atoms with Crippen LogP contribution in [0.15, 0.2) is 0 Å². The van der Waals surface area contributed by atoms with E-state index in [1.165, 1.54) is 64.7 Å². The van der Waals surface area contributed by atoms with Gasteiger partial charge in [0, 0.05) is 30.7 Å². The Bertz CT molecular complexity index is 332. The average Bonchev–Trinajstić information content (AvgIpc) is 2.96. The lowest BCUT2D eigenvalue weighted by molar-refractivity contribution is 0.00964. The van der Waals surface area contributed by atoms with Crippen molar-refractivity contribution in [2.24, 2.45) is 5.92 Å². The predicted molar refractivity (Wildman–Crippen MR) is 89.6 cm³/mol. The van der Waals surface area contributed by atoms with Crippen LogP contribution < -0.4 is 5.32 Å². The SMILES string of the molecule is CCCNC1CCN(C2CCN3CCCC3C2)C(C)C1C. The van der Waals surface area contributed by atoms with Crippen molar-refractivity contribution < 1.29 is 0 Å². The Kier molecular flexibility index (Phi) is 5.23. The molecule has 1 N–H and O–H groups in total. The summed E-state index contributed by atoms with van der Waals surface area (Å²) in [4.78, 5) is 5.62. The number of fused-ring (bicyclic) bond motifs is 1. The third kappa shape index (κ3) is 3.30. The first-order valence-corrected chi connectivity index (χ1v) is 9.44. The second kappa shape index (κ2) is 6.97. The molecule has 21 heavy (non-hydrogen) atoms. The van der Waals surface area contributed by atoms with Gasteiger partial charge in [-0.3, -0.25) is 4.90 Å². The van der Waals surface area contributed by atoms with E-state index in [0.29, 0.717) is 0 Å². The molecule has 3 saturated heterocycles. The minimum Gasteiger partial charge on any atom is -0.314 e. The highest BCUT2D eigenvalue weighted by molar-refractivity contribution is 4.96. The maximum atomic E-state index is 3.78. The number of rotatable bonds is 4. The normalized spacial score (nSPS) is 42.1. The number of hydrogen-bond donors (Lipinski definition) is 1. The van der Waals surface area contributed by atoms with E-state index < -0.39 is 0 Å². The van der Waals surface area contributed by atoms with E-state index in [2.05, 4.69) is 35.9 Å². The molecule has 3 heteroatoms. The summed E-state index contributed by atoms with van der Waals surface area (Å²) in [6, 6.07) is 3.24. The monoisotopic (exact) mass is 293 g/mol. The van der Waals surface area contributed by atoms with Crippen LogP contribution in [-0.2, 0) is 0 Å². The summed E-state index contributed by atoms with van der Waals surface area (Å²) in [5.41, 5.74) is 0. The molecule has 3 aliphatic heterocycles. The minimum absolute atomic E-state index is 0.739. The Morgan fingerprint density at radius 2 is 1.86 bits per heavy atom. The Labute approximate surface area is 131 Å². The summed E-state index contributed by atoms with van der Waals surface area (Å²) in [5, 5.41) is 3.78. The molecule has 0 amide bonds. The molecule has 0 aromatic carbocycles. The zero-order chi connectivity index (χ0) is 14.8. The van der Waals surface area contributed by atoms with Crippen molar-refractivity contribution in [2.75, 3.05) is 26.2 Å². The lowest BCUT2D eigenvalue weighted by atomic mass is 9.84. The molecule has 3 fully saturated rings. The Morgan fingerprint density at radius 3 is 2.67 bits per heavy atom. The Balaban J connectivity index is 1.56. The van der Waals surface area contributed by atoms with E-state index >= 15 is 0 Å². The van der Waals surface area contributed by atoms with Crippen LogP contribution in [0.1, 0.15) is 59.3 Å². The summed E-state index contributed by atoms with van der Waals surface area (Å²) in [5.74, 6) is 0.784. The van der Waals surface area contributed by atoms with Crippen molar-refractivity contribution in [3.63, 3.8) is 0 Å². The van der Waals surface area contributed by atoms with Crippen molar-refractivity contribution in [1.82, 2.24) is 15.1 Å². The summed E-state index contributed by atoms with van der Waals surface area (Å²) in [6.45, 7) is 12.4. The highest BCUT2D eigenvalue weighted by Gasteiger charge is 2.39. The van der Waals surface area contributed by atoms with Crippen LogP contribution in [0.2, 0.25) is 0 Å². The third-order valence-corrected chi connectivity index (χ3v) is 6.54. The fourth-order valence-corrected chi connectivity index (χ4v) is 5.03. The number of piperidine rings is 2. The second-order valence-electron chi connectivity index (χ2n) is 7.70. The average molecular weight is 293 g/mol. The molecule has 3 heterocycles. The Hall–Kier alpha value is -0.120. The van der Waals surface area contributed by atoms with Crippen LogP contribution in [0.25, 0.3) is 0 Å². The molecule has 5 unspecified atom stereocenters. The molecular formula is C18H35N3. The van der Waals surface area contributed by atoms with Crippen LogP contribution in [0.3, 0.4) is 0 Å². The summed E-state index contributed by atoms with van der Waals surface area (Å²) < 4.78 is 0. The molecule has 0 radical (unpaired) electrons. The maximum Gasteiger partial charge on any atom is 0.0125 e. The standard InChI is InChI=1S/C18H35N3/c1-4-9-19-18-8-12-21(15(3)14(18)2)17-7-11-20-10-5-6-16(20)13-17/h14-19H,4-13H2,1-3H3. The highest BCUT2D eigenvalue weighted by atomic mass is 15.3. The van der Waals surface area contributed by atoms with E-state index in [1.54, 1.807) is 0 Å². The second-order valence-corrected chi connectivity index (χ2v) is 7.70. The van der Waals surface area contributed by atoms with E-state index in [1.807, 2.05) is 0 Å². The van der Waals surface area contributed by atoms with E-state index in [-0.39, 0.29) is 0 Å². The molecular weight excluding hydrogens is 258 g/mol. The molecule has 122 valence electrons. The fourth-order valence-electron chi connectivity index (χ4n) is 5.03. The van der Waals surface area contributed by atoms with Gasteiger partial charge in [0.1, 0.15) is 0 Å². The lowest BCUT2D eigenvalue weighted by Gasteiger charge is -2.49. The summed E-state index contributed by atoms with van der Waals surface area (Å²) in [7, 11) is 0. The van der Waals surface area contributed by atoms with Gasteiger partial charge in [0.15, 0.2) is 0 Å². The van der Waals surface area contributed by atoms with Gasteiger partial charge < -0.3 is 10.2 Å². The van der Waals surface area contributed by atoms with Crippen LogP contribution in [-0.4, -0.2) is 60.1 Å². The van der Waals surface area contributed by atoms with Crippen LogP contribution in [0.5, 0.6) is 0 Å². The zero-order valence-corrected chi connectivity index (χ0v) is 14.4. The third-order valence-electron chi connectivity index (χ3n) is 6.54. The van der Waals surface area contributed by atoms with Crippen molar-refractivity contribution >= 4 is 0 Å². The Morgan fingerprint density at radius 1 is 1.00 bits per heavy atom. The highest BCUT2D eigenvalue weighted by Crippen LogP contribution is 2.33. The van der Waals surface area contributed by atoms with E-state index in [4.69, 9.17) is 0 Å². The number of nitrogens with one attached hydrogen (secondary N) is 1. The van der Waals surface area contributed by atoms with Crippen molar-refractivity contribution in [1.29, 1.82) is 0 Å². The van der Waals surface area contributed by atoms with Gasteiger partial charge in [-0.15, -0.1) is 0 Å². The molecule has 3 rings (SSSR count). The van der Waals surface area contributed by atoms with Crippen molar-refractivity contribution in [3.8, 4) is 0 Å². The molecule has 0 aliphatic carbocycles. The van der Waals surface area contributed by atoms with Gasteiger partial charge in [-0.2, -0.15) is 0 Å². The first-order valence-electron chi connectivity index (χ1n) is 9.44. The van der Waals surface area contributed by atoms with Gasteiger partial charge in [0.25, 0.3) is 0 Å². The van der Waals surface area contributed by atoms with Gasteiger partial charge in [-0.05, 0) is 71.0 Å². The van der Waals surface area contributed by atoms with Crippen LogP contribution in [0, 0.1) is 5.92 Å². The topological polar surface area (TPSA) is 18.5 Å². The molecule has 5 atom stereocenters. The molecule has 0 saturated carbocycles. The van der Waals surface area contributed by atoms with E-state index in [9.17, 15) is 0 Å². The van der Waals surface area contributed by atoms with Crippen LogP contribution in [0.4, 0.5) is 0 Å². The van der Waals surface area contributed by atoms with E-state index in [0.717, 1.165) is 30.1 Å². The molecule has 3 aliphatic rings. The summed E-state index contributed by atoms with van der Waals surface area (Å²) in [6.07, 6.45) is 8.32. The lowest BCUT2D eigenvalue weighted by Crippen LogP contribution is -2.58. The smallest absolute Gasteiger partial charge is 0.0125 e. The largest absolute Gasteiger partial charge is 0.314 e. The summed E-state index contributed by atoms with van der Waals surface area (Å²) >= 11 is 0. The number of hydrogen-bond acceptors (Lipinski definition) is 3. The quantitative estimate of drug-likeness (QED) is 0.860.